The van der Waals surface area contributed by atoms with Gasteiger partial charge in [0.05, 0.1) is 5.92 Å². The first kappa shape index (κ1) is 13.0. The Balaban J connectivity index is 1.93. The zero-order chi connectivity index (χ0) is 13.0. The molecule has 0 radical (unpaired) electrons. The second kappa shape index (κ2) is 5.96. The molecule has 2 N–H and O–H groups in total. The van der Waals surface area contributed by atoms with Gasteiger partial charge in [-0.3, -0.25) is 4.79 Å². The summed E-state index contributed by atoms with van der Waals surface area (Å²) in [5, 5.41) is 12.4. The molecule has 0 amide bonds. The highest BCUT2D eigenvalue weighted by Crippen LogP contribution is 2.25. The van der Waals surface area contributed by atoms with Crippen molar-refractivity contribution in [2.45, 2.75) is 38.3 Å². The van der Waals surface area contributed by atoms with E-state index >= 15 is 0 Å². The van der Waals surface area contributed by atoms with Gasteiger partial charge in [-0.25, -0.2) is 4.39 Å². The number of hydrogen-bond donors (Lipinski definition) is 2. The van der Waals surface area contributed by atoms with Crippen molar-refractivity contribution in [2.75, 3.05) is 0 Å². The summed E-state index contributed by atoms with van der Waals surface area (Å²) in [6.45, 7) is 0.520. The Morgan fingerprint density at radius 1 is 1.39 bits per heavy atom. The molecule has 0 aromatic heterocycles. The number of benzene rings is 1. The van der Waals surface area contributed by atoms with Crippen molar-refractivity contribution in [3.8, 4) is 0 Å². The van der Waals surface area contributed by atoms with Crippen LogP contribution in [0, 0.1) is 11.7 Å². The maximum Gasteiger partial charge on any atom is 0.308 e. The Bertz CT molecular complexity index is 422. The molecule has 1 aliphatic rings. The fraction of sp³-hybridized carbons (Fsp3) is 0.500. The van der Waals surface area contributed by atoms with E-state index in [-0.39, 0.29) is 17.8 Å². The molecule has 0 aliphatic heterocycles. The van der Waals surface area contributed by atoms with Crippen molar-refractivity contribution in [2.24, 2.45) is 5.92 Å². The molecule has 2 rings (SSSR count). The molecule has 1 aromatic carbocycles. The molecule has 3 nitrogen and oxygen atoms in total. The maximum absolute atomic E-state index is 13.0. The molecule has 4 heteroatoms. The van der Waals surface area contributed by atoms with E-state index in [1.165, 1.54) is 12.1 Å². The smallest absolute Gasteiger partial charge is 0.308 e. The third kappa shape index (κ3) is 3.29. The Morgan fingerprint density at radius 2 is 2.17 bits per heavy atom. The minimum absolute atomic E-state index is 0.000447. The van der Waals surface area contributed by atoms with Crippen LogP contribution < -0.4 is 5.32 Å². The van der Waals surface area contributed by atoms with Gasteiger partial charge < -0.3 is 10.4 Å². The summed E-state index contributed by atoms with van der Waals surface area (Å²) in [4.78, 5) is 11.1. The summed E-state index contributed by atoms with van der Waals surface area (Å²) in [7, 11) is 0. The average Bonchev–Trinajstić information content (AvgIpc) is 2.37. The Kier molecular flexibility index (Phi) is 4.31. The van der Waals surface area contributed by atoms with Crippen molar-refractivity contribution in [3.63, 3.8) is 0 Å². The quantitative estimate of drug-likeness (QED) is 0.864. The summed E-state index contributed by atoms with van der Waals surface area (Å²) < 4.78 is 13.0. The Labute approximate surface area is 106 Å². The van der Waals surface area contributed by atoms with E-state index in [1.54, 1.807) is 6.07 Å². The largest absolute Gasteiger partial charge is 0.481 e. The highest BCUT2D eigenvalue weighted by Gasteiger charge is 2.30. The van der Waals surface area contributed by atoms with Gasteiger partial charge in [0.1, 0.15) is 5.82 Å². The van der Waals surface area contributed by atoms with E-state index in [1.807, 2.05) is 6.07 Å². The van der Waals surface area contributed by atoms with Gasteiger partial charge in [-0.05, 0) is 30.5 Å². The number of nitrogens with one attached hydrogen (secondary N) is 1. The average molecular weight is 251 g/mol. The maximum atomic E-state index is 13.0. The SMILES string of the molecule is O=C(O)C1CCCCC1NCc1cccc(F)c1. The highest BCUT2D eigenvalue weighted by molar-refractivity contribution is 5.71. The minimum atomic E-state index is -0.730. The van der Waals surface area contributed by atoms with Crippen LogP contribution in [0.3, 0.4) is 0 Å². The predicted molar refractivity (Wildman–Crippen MR) is 66.6 cm³/mol. The molecule has 0 bridgehead atoms. The number of halogens is 1. The second-order valence-electron chi connectivity index (χ2n) is 4.85. The number of carboxylic acids is 1. The lowest BCUT2D eigenvalue weighted by Gasteiger charge is -2.29. The predicted octanol–water partition coefficient (Wildman–Crippen LogP) is 2.56. The lowest BCUT2D eigenvalue weighted by atomic mass is 9.84. The zero-order valence-electron chi connectivity index (χ0n) is 10.2. The van der Waals surface area contributed by atoms with Crippen molar-refractivity contribution in [3.05, 3.63) is 35.6 Å². The van der Waals surface area contributed by atoms with Gasteiger partial charge in [-0.2, -0.15) is 0 Å². The van der Waals surface area contributed by atoms with Gasteiger partial charge in [0.2, 0.25) is 0 Å². The normalized spacial score (nSPS) is 23.8. The Hall–Kier alpha value is -1.42. The summed E-state index contributed by atoms with van der Waals surface area (Å²) in [6, 6.07) is 6.39. The first-order valence-electron chi connectivity index (χ1n) is 6.37. The molecule has 1 saturated carbocycles. The van der Waals surface area contributed by atoms with Crippen LogP contribution in [0.4, 0.5) is 4.39 Å². The number of carboxylic acid groups (broad SMARTS) is 1. The van der Waals surface area contributed by atoms with Crippen LogP contribution in [0.5, 0.6) is 0 Å². The second-order valence-corrected chi connectivity index (χ2v) is 4.85. The van der Waals surface area contributed by atoms with Crippen molar-refractivity contribution in [1.29, 1.82) is 0 Å². The number of aliphatic carboxylic acids is 1. The molecule has 1 aromatic rings. The van der Waals surface area contributed by atoms with Gasteiger partial charge in [0.25, 0.3) is 0 Å². The van der Waals surface area contributed by atoms with E-state index in [0.29, 0.717) is 6.54 Å². The first-order chi connectivity index (χ1) is 8.66. The van der Waals surface area contributed by atoms with Crippen molar-refractivity contribution >= 4 is 5.97 Å². The molecule has 98 valence electrons. The molecular weight excluding hydrogens is 233 g/mol. The van der Waals surface area contributed by atoms with Crippen LogP contribution in [-0.4, -0.2) is 17.1 Å². The zero-order valence-corrected chi connectivity index (χ0v) is 10.2. The Morgan fingerprint density at radius 3 is 2.89 bits per heavy atom. The standard InChI is InChI=1S/C14H18FNO2/c15-11-5-3-4-10(8-11)9-16-13-7-2-1-6-12(13)14(17)18/h3-5,8,12-13,16H,1-2,6-7,9H2,(H,17,18). The van der Waals surface area contributed by atoms with Gasteiger partial charge in [0, 0.05) is 12.6 Å². The number of hydrogen-bond acceptors (Lipinski definition) is 2. The topological polar surface area (TPSA) is 49.3 Å². The van der Waals surface area contributed by atoms with Crippen LogP contribution in [0.1, 0.15) is 31.2 Å². The third-order valence-corrected chi connectivity index (χ3v) is 3.54. The molecule has 18 heavy (non-hydrogen) atoms. The lowest BCUT2D eigenvalue weighted by Crippen LogP contribution is -2.41. The van der Waals surface area contributed by atoms with Crippen LogP contribution in [0.15, 0.2) is 24.3 Å². The molecule has 2 atom stereocenters. The molecular formula is C14H18FNO2. The van der Waals surface area contributed by atoms with E-state index in [9.17, 15) is 9.18 Å². The molecule has 0 spiro atoms. The van der Waals surface area contributed by atoms with Crippen molar-refractivity contribution in [1.82, 2.24) is 5.32 Å². The fourth-order valence-corrected chi connectivity index (χ4v) is 2.57. The highest BCUT2D eigenvalue weighted by atomic mass is 19.1. The van der Waals surface area contributed by atoms with Crippen molar-refractivity contribution < 1.29 is 14.3 Å². The lowest BCUT2D eigenvalue weighted by molar-refractivity contribution is -0.143. The summed E-state index contributed by atoms with van der Waals surface area (Å²) in [5.74, 6) is -1.30. The van der Waals surface area contributed by atoms with Crippen LogP contribution >= 0.6 is 0 Å². The van der Waals surface area contributed by atoms with Gasteiger partial charge in [0.15, 0.2) is 0 Å². The monoisotopic (exact) mass is 251 g/mol. The van der Waals surface area contributed by atoms with Gasteiger partial charge >= 0.3 is 5.97 Å². The summed E-state index contributed by atoms with van der Waals surface area (Å²) >= 11 is 0. The van der Waals surface area contributed by atoms with Gasteiger partial charge in [-0.1, -0.05) is 25.0 Å². The molecule has 1 fully saturated rings. The van der Waals surface area contributed by atoms with E-state index in [0.717, 1.165) is 31.2 Å². The third-order valence-electron chi connectivity index (χ3n) is 3.54. The van der Waals surface area contributed by atoms with E-state index in [2.05, 4.69) is 5.32 Å². The summed E-state index contributed by atoms with van der Waals surface area (Å²) in [6.07, 6.45) is 3.65. The molecule has 1 aliphatic carbocycles. The fourth-order valence-electron chi connectivity index (χ4n) is 2.57. The number of rotatable bonds is 4. The summed E-state index contributed by atoms with van der Waals surface area (Å²) in [5.41, 5.74) is 0.852. The number of carbonyl (C=O) groups is 1. The van der Waals surface area contributed by atoms with Crippen LogP contribution in [0.2, 0.25) is 0 Å². The first-order valence-corrected chi connectivity index (χ1v) is 6.37. The molecule has 2 unspecified atom stereocenters. The molecule has 0 heterocycles. The van der Waals surface area contributed by atoms with E-state index < -0.39 is 5.97 Å². The van der Waals surface area contributed by atoms with Gasteiger partial charge in [-0.15, -0.1) is 0 Å². The van der Waals surface area contributed by atoms with Crippen LogP contribution in [0.25, 0.3) is 0 Å². The molecule has 0 saturated heterocycles. The van der Waals surface area contributed by atoms with E-state index in [4.69, 9.17) is 5.11 Å². The van der Waals surface area contributed by atoms with Crippen LogP contribution in [-0.2, 0) is 11.3 Å². The minimum Gasteiger partial charge on any atom is -0.481 e.